The first-order chi connectivity index (χ1) is 6.29. The maximum Gasteiger partial charge on any atom is 0.150 e. The molecule has 1 fully saturated rings. The van der Waals surface area contributed by atoms with Crippen molar-refractivity contribution < 1.29 is 4.74 Å². The largest absolute Gasteiger partial charge is 0.360 e. The van der Waals surface area contributed by atoms with E-state index >= 15 is 0 Å². The predicted molar refractivity (Wildman–Crippen MR) is 52.6 cm³/mol. The van der Waals surface area contributed by atoms with Crippen LogP contribution in [0, 0.1) is 5.92 Å². The molecule has 1 saturated carbocycles. The van der Waals surface area contributed by atoms with Crippen molar-refractivity contribution in [3.05, 3.63) is 0 Å². The van der Waals surface area contributed by atoms with Crippen LogP contribution in [0.1, 0.15) is 32.6 Å². The van der Waals surface area contributed by atoms with Crippen molar-refractivity contribution in [3.8, 4) is 0 Å². The molecule has 3 heteroatoms. The zero-order chi connectivity index (χ0) is 9.26. The monoisotopic (exact) mass is 182 g/mol. The molecule has 0 aromatic carbocycles. The molecule has 1 heterocycles. The van der Waals surface area contributed by atoms with E-state index in [-0.39, 0.29) is 6.23 Å². The van der Waals surface area contributed by atoms with E-state index in [2.05, 4.69) is 17.0 Å². The Kier molecular flexibility index (Phi) is 2.54. The van der Waals surface area contributed by atoms with Crippen LogP contribution in [0.4, 0.5) is 0 Å². The molecule has 1 aliphatic heterocycles. The minimum absolute atomic E-state index is 0.209. The summed E-state index contributed by atoms with van der Waals surface area (Å²) in [5.41, 5.74) is 1.20. The summed E-state index contributed by atoms with van der Waals surface area (Å²) in [6.45, 7) is 3.17. The summed E-state index contributed by atoms with van der Waals surface area (Å²) < 4.78 is 5.37. The van der Waals surface area contributed by atoms with Gasteiger partial charge in [0.2, 0.25) is 0 Å². The lowest BCUT2D eigenvalue weighted by Crippen LogP contribution is -2.34. The van der Waals surface area contributed by atoms with Crippen LogP contribution in [0.3, 0.4) is 0 Å². The number of rotatable bonds is 3. The SMILES string of the molecule is COC1CC(C)=NN1CC1CCC1. The second kappa shape index (κ2) is 3.66. The average molecular weight is 182 g/mol. The second-order valence-corrected chi connectivity index (χ2v) is 4.15. The van der Waals surface area contributed by atoms with Gasteiger partial charge in [-0.25, -0.2) is 0 Å². The minimum Gasteiger partial charge on any atom is -0.360 e. The highest BCUT2D eigenvalue weighted by atomic mass is 16.5. The fraction of sp³-hybridized carbons (Fsp3) is 0.900. The van der Waals surface area contributed by atoms with E-state index in [1.54, 1.807) is 7.11 Å². The summed E-state index contributed by atoms with van der Waals surface area (Å²) in [4.78, 5) is 0. The van der Waals surface area contributed by atoms with Gasteiger partial charge in [-0.15, -0.1) is 0 Å². The van der Waals surface area contributed by atoms with Gasteiger partial charge in [0.1, 0.15) is 0 Å². The average Bonchev–Trinajstić information content (AvgIpc) is 2.38. The first-order valence-corrected chi connectivity index (χ1v) is 5.13. The number of hydrazone groups is 1. The van der Waals surface area contributed by atoms with E-state index in [9.17, 15) is 0 Å². The fourth-order valence-corrected chi connectivity index (χ4v) is 1.99. The summed E-state index contributed by atoms with van der Waals surface area (Å²) in [5.74, 6) is 0.868. The lowest BCUT2D eigenvalue weighted by molar-refractivity contribution is -0.0275. The van der Waals surface area contributed by atoms with Crippen molar-refractivity contribution in [1.82, 2.24) is 5.01 Å². The van der Waals surface area contributed by atoms with Crippen LogP contribution >= 0.6 is 0 Å². The highest BCUT2D eigenvalue weighted by Crippen LogP contribution is 2.29. The van der Waals surface area contributed by atoms with E-state index in [4.69, 9.17) is 4.74 Å². The van der Waals surface area contributed by atoms with Crippen molar-refractivity contribution >= 4 is 5.71 Å². The lowest BCUT2D eigenvalue weighted by atomic mass is 9.85. The van der Waals surface area contributed by atoms with E-state index in [0.29, 0.717) is 0 Å². The number of hydrogen-bond donors (Lipinski definition) is 0. The van der Waals surface area contributed by atoms with Crippen LogP contribution in [0.15, 0.2) is 5.10 Å². The first-order valence-electron chi connectivity index (χ1n) is 5.13. The van der Waals surface area contributed by atoms with E-state index < -0.39 is 0 Å². The quantitative estimate of drug-likeness (QED) is 0.665. The number of nitrogens with zero attached hydrogens (tertiary/aromatic N) is 2. The molecule has 3 nitrogen and oxygen atoms in total. The third-order valence-electron chi connectivity index (χ3n) is 3.04. The van der Waals surface area contributed by atoms with Crippen LogP contribution in [0.2, 0.25) is 0 Å². The van der Waals surface area contributed by atoms with Gasteiger partial charge in [0, 0.05) is 25.8 Å². The molecule has 13 heavy (non-hydrogen) atoms. The van der Waals surface area contributed by atoms with Crippen LogP contribution < -0.4 is 0 Å². The molecule has 0 aromatic heterocycles. The van der Waals surface area contributed by atoms with Crippen LogP contribution in [-0.4, -0.2) is 30.6 Å². The summed E-state index contributed by atoms with van der Waals surface area (Å²) in [5, 5.41) is 6.61. The van der Waals surface area contributed by atoms with Gasteiger partial charge < -0.3 is 4.74 Å². The molecular weight excluding hydrogens is 164 g/mol. The number of methoxy groups -OCH3 is 1. The summed E-state index contributed by atoms with van der Waals surface area (Å²) >= 11 is 0. The molecule has 0 bridgehead atoms. The number of ether oxygens (including phenoxy) is 1. The molecule has 0 amide bonds. The van der Waals surface area contributed by atoms with E-state index in [1.165, 1.54) is 25.0 Å². The molecule has 0 aromatic rings. The molecule has 0 N–H and O–H groups in total. The summed E-state index contributed by atoms with van der Waals surface area (Å²) in [6, 6.07) is 0. The Labute approximate surface area is 79.8 Å². The molecule has 1 unspecified atom stereocenters. The van der Waals surface area contributed by atoms with Gasteiger partial charge in [-0.05, 0) is 25.7 Å². The predicted octanol–water partition coefficient (Wildman–Crippen LogP) is 1.84. The first kappa shape index (κ1) is 9.00. The Bertz CT molecular complexity index is 211. The van der Waals surface area contributed by atoms with Crippen molar-refractivity contribution in [2.75, 3.05) is 13.7 Å². The van der Waals surface area contributed by atoms with Gasteiger partial charge >= 0.3 is 0 Å². The van der Waals surface area contributed by atoms with E-state index in [1.807, 2.05) is 0 Å². The van der Waals surface area contributed by atoms with Crippen LogP contribution in [-0.2, 0) is 4.74 Å². The van der Waals surface area contributed by atoms with Gasteiger partial charge in [0.25, 0.3) is 0 Å². The van der Waals surface area contributed by atoms with Gasteiger partial charge in [-0.1, -0.05) is 6.42 Å². The molecule has 2 rings (SSSR count). The summed E-state index contributed by atoms with van der Waals surface area (Å²) in [7, 11) is 1.77. The standard InChI is InChI=1S/C10H18N2O/c1-8-6-10(13-2)12(11-8)7-9-4-3-5-9/h9-10H,3-7H2,1-2H3. The van der Waals surface area contributed by atoms with Gasteiger partial charge in [0.05, 0.1) is 0 Å². The molecule has 74 valence electrons. The van der Waals surface area contributed by atoms with Crippen molar-refractivity contribution in [2.24, 2.45) is 11.0 Å². The maximum atomic E-state index is 5.37. The van der Waals surface area contributed by atoms with Crippen LogP contribution in [0.5, 0.6) is 0 Å². The third-order valence-corrected chi connectivity index (χ3v) is 3.04. The summed E-state index contributed by atoms with van der Waals surface area (Å²) in [6.07, 6.45) is 5.34. The topological polar surface area (TPSA) is 24.8 Å². The van der Waals surface area contributed by atoms with Gasteiger partial charge in [0.15, 0.2) is 6.23 Å². The Balaban J connectivity index is 1.88. The lowest BCUT2D eigenvalue weighted by Gasteiger charge is -2.31. The fourth-order valence-electron chi connectivity index (χ4n) is 1.99. The number of hydrogen-bond acceptors (Lipinski definition) is 3. The third kappa shape index (κ3) is 1.85. The normalized spacial score (nSPS) is 28.9. The second-order valence-electron chi connectivity index (χ2n) is 4.15. The Morgan fingerprint density at radius 3 is 2.85 bits per heavy atom. The van der Waals surface area contributed by atoms with Gasteiger partial charge in [-0.2, -0.15) is 5.10 Å². The smallest absolute Gasteiger partial charge is 0.150 e. The molecular formula is C10H18N2O. The molecule has 0 saturated heterocycles. The minimum atomic E-state index is 0.209. The molecule has 1 aliphatic carbocycles. The zero-order valence-electron chi connectivity index (χ0n) is 8.49. The molecule has 0 spiro atoms. The van der Waals surface area contributed by atoms with E-state index in [0.717, 1.165) is 18.9 Å². The van der Waals surface area contributed by atoms with Crippen LogP contribution in [0.25, 0.3) is 0 Å². The van der Waals surface area contributed by atoms with Gasteiger partial charge in [-0.3, -0.25) is 5.01 Å². The molecule has 0 radical (unpaired) electrons. The Hall–Kier alpha value is -0.570. The van der Waals surface area contributed by atoms with Crippen molar-refractivity contribution in [3.63, 3.8) is 0 Å². The van der Waals surface area contributed by atoms with Crippen molar-refractivity contribution in [1.29, 1.82) is 0 Å². The highest BCUT2D eigenvalue weighted by molar-refractivity contribution is 5.83. The Morgan fingerprint density at radius 1 is 1.54 bits per heavy atom. The van der Waals surface area contributed by atoms with Crippen molar-refractivity contribution in [2.45, 2.75) is 38.8 Å². The maximum absolute atomic E-state index is 5.37. The molecule has 1 atom stereocenters. The molecule has 2 aliphatic rings. The highest BCUT2D eigenvalue weighted by Gasteiger charge is 2.28. The Morgan fingerprint density at radius 2 is 2.31 bits per heavy atom. The zero-order valence-corrected chi connectivity index (χ0v) is 8.49.